The van der Waals surface area contributed by atoms with E-state index in [1.807, 2.05) is 0 Å². The minimum Gasteiger partial charge on any atom is -0.469 e. The second-order valence-electron chi connectivity index (χ2n) is 9.51. The first-order valence-electron chi connectivity index (χ1n) is 10.2. The summed E-state index contributed by atoms with van der Waals surface area (Å²) in [6.45, 7) is 0. The number of methoxy groups -OCH3 is 2. The lowest BCUT2D eigenvalue weighted by atomic mass is 9.48. The van der Waals surface area contributed by atoms with E-state index in [9.17, 15) is 19.2 Å². The van der Waals surface area contributed by atoms with Crippen LogP contribution in [-0.4, -0.2) is 37.7 Å². The SMILES string of the molecule is COC(=O)C12[C@@H]3C4=C(C(=O)CC4)[C@@H]4[C@H]3[C@@H]3[C@@H]1C1=C(C(=O)CC1)[C@@H]3C42C(=O)OC. The van der Waals surface area contributed by atoms with Gasteiger partial charge in [0, 0.05) is 36.5 Å². The average molecular weight is 380 g/mol. The fraction of sp³-hybridized carbons (Fsp3) is 0.636. The Morgan fingerprint density at radius 2 is 1.11 bits per heavy atom. The average Bonchev–Trinajstić information content (AvgIpc) is 3.49. The van der Waals surface area contributed by atoms with Crippen LogP contribution in [0.5, 0.6) is 0 Å². The van der Waals surface area contributed by atoms with Crippen molar-refractivity contribution in [1.29, 1.82) is 0 Å². The fourth-order valence-electron chi connectivity index (χ4n) is 9.73. The molecule has 0 radical (unpaired) electrons. The maximum absolute atomic E-state index is 13.5. The number of hydrogen-bond donors (Lipinski definition) is 0. The highest BCUT2D eigenvalue weighted by Crippen LogP contribution is 2.95. The molecule has 0 aromatic rings. The van der Waals surface area contributed by atoms with Gasteiger partial charge in [-0.05, 0) is 35.8 Å². The molecule has 0 amide bonds. The zero-order valence-corrected chi connectivity index (χ0v) is 15.7. The molecule has 4 saturated carbocycles. The highest BCUT2D eigenvalue weighted by Gasteiger charge is 2.98. The maximum atomic E-state index is 13.5. The van der Waals surface area contributed by atoms with E-state index in [-0.39, 0.29) is 53.0 Å². The molecule has 8 atom stereocenters. The van der Waals surface area contributed by atoms with E-state index < -0.39 is 16.8 Å². The van der Waals surface area contributed by atoms with Crippen molar-refractivity contribution in [3.8, 4) is 0 Å². The van der Waals surface area contributed by atoms with E-state index in [0.717, 1.165) is 22.3 Å². The van der Waals surface area contributed by atoms with E-state index in [2.05, 4.69) is 0 Å². The Morgan fingerprint density at radius 3 is 1.50 bits per heavy atom. The molecule has 2 unspecified atom stereocenters. The Labute approximate surface area is 161 Å². The van der Waals surface area contributed by atoms with Gasteiger partial charge in [-0.25, -0.2) is 0 Å². The van der Waals surface area contributed by atoms with Crippen molar-refractivity contribution in [2.24, 2.45) is 46.3 Å². The van der Waals surface area contributed by atoms with Crippen molar-refractivity contribution in [2.75, 3.05) is 14.2 Å². The molecule has 28 heavy (non-hydrogen) atoms. The molecule has 4 fully saturated rings. The van der Waals surface area contributed by atoms with Crippen LogP contribution in [0.1, 0.15) is 25.7 Å². The molecule has 8 aliphatic carbocycles. The van der Waals surface area contributed by atoms with Gasteiger partial charge in [-0.3, -0.25) is 19.2 Å². The Hall–Kier alpha value is -2.24. The van der Waals surface area contributed by atoms with Gasteiger partial charge in [0.05, 0.1) is 25.0 Å². The molecule has 0 spiro atoms. The van der Waals surface area contributed by atoms with Crippen molar-refractivity contribution in [1.82, 2.24) is 0 Å². The molecule has 8 bridgehead atoms. The topological polar surface area (TPSA) is 86.7 Å². The predicted octanol–water partition coefficient (Wildman–Crippen LogP) is 1.39. The first-order valence-corrected chi connectivity index (χ1v) is 10.2. The summed E-state index contributed by atoms with van der Waals surface area (Å²) >= 11 is 0. The minimum atomic E-state index is -1.14. The largest absolute Gasteiger partial charge is 0.469 e. The molecule has 0 aromatic carbocycles. The van der Waals surface area contributed by atoms with Gasteiger partial charge in [-0.15, -0.1) is 0 Å². The van der Waals surface area contributed by atoms with Crippen LogP contribution in [0, 0.1) is 46.3 Å². The molecular weight excluding hydrogens is 360 g/mol. The first kappa shape index (κ1) is 15.7. The van der Waals surface area contributed by atoms with Crippen LogP contribution in [0.4, 0.5) is 0 Å². The zero-order chi connectivity index (χ0) is 19.3. The highest BCUT2D eigenvalue weighted by atomic mass is 16.5. The van der Waals surface area contributed by atoms with Crippen LogP contribution in [0.2, 0.25) is 0 Å². The summed E-state index contributed by atoms with van der Waals surface area (Å²) in [6, 6.07) is 0. The minimum absolute atomic E-state index is 0.0841. The molecule has 8 rings (SSSR count). The molecule has 0 aliphatic heterocycles. The number of Topliss-reactive ketones (excluding diaryl/α,β-unsaturated/α-hetero) is 2. The summed E-state index contributed by atoms with van der Waals surface area (Å²) < 4.78 is 10.7. The Bertz CT molecular complexity index is 968. The number of allylic oxidation sites excluding steroid dienone is 4. The molecule has 144 valence electrons. The summed E-state index contributed by atoms with van der Waals surface area (Å²) in [5.74, 6) is -1.17. The van der Waals surface area contributed by atoms with Gasteiger partial charge in [-0.1, -0.05) is 11.1 Å². The third-order valence-electron chi connectivity index (χ3n) is 9.59. The second kappa shape index (κ2) is 4.19. The maximum Gasteiger partial charge on any atom is 0.314 e. The molecule has 0 saturated heterocycles. The fourth-order valence-corrected chi connectivity index (χ4v) is 9.73. The van der Waals surface area contributed by atoms with Crippen LogP contribution >= 0.6 is 0 Å². The number of carbonyl (C=O) groups excluding carboxylic acids is 4. The summed E-state index contributed by atoms with van der Waals surface area (Å²) in [7, 11) is 2.74. The number of ether oxygens (including phenoxy) is 2. The molecule has 8 aliphatic rings. The Kier molecular flexibility index (Phi) is 2.34. The molecular formula is C22H20O6. The predicted molar refractivity (Wildman–Crippen MR) is 92.4 cm³/mol. The third kappa shape index (κ3) is 1.04. The van der Waals surface area contributed by atoms with E-state index in [4.69, 9.17) is 9.47 Å². The van der Waals surface area contributed by atoms with E-state index >= 15 is 0 Å². The van der Waals surface area contributed by atoms with Crippen molar-refractivity contribution in [3.63, 3.8) is 0 Å². The van der Waals surface area contributed by atoms with Crippen LogP contribution in [0.25, 0.3) is 0 Å². The number of rotatable bonds is 2. The van der Waals surface area contributed by atoms with Gasteiger partial charge in [0.2, 0.25) is 0 Å². The van der Waals surface area contributed by atoms with Gasteiger partial charge in [0.1, 0.15) is 0 Å². The third-order valence-corrected chi connectivity index (χ3v) is 9.59. The van der Waals surface area contributed by atoms with Gasteiger partial charge in [0.15, 0.2) is 11.6 Å². The van der Waals surface area contributed by atoms with Crippen LogP contribution in [0.3, 0.4) is 0 Å². The first-order chi connectivity index (χ1) is 13.5. The zero-order valence-electron chi connectivity index (χ0n) is 15.7. The van der Waals surface area contributed by atoms with Gasteiger partial charge >= 0.3 is 11.9 Å². The molecule has 0 heterocycles. The second-order valence-corrected chi connectivity index (χ2v) is 9.51. The van der Waals surface area contributed by atoms with Crippen LogP contribution < -0.4 is 0 Å². The highest BCUT2D eigenvalue weighted by molar-refractivity contribution is 6.10. The lowest BCUT2D eigenvalue weighted by molar-refractivity contribution is -0.184. The lowest BCUT2D eigenvalue weighted by Crippen LogP contribution is -2.61. The number of esters is 2. The normalized spacial score (nSPS) is 50.4. The summed E-state index contributed by atoms with van der Waals surface area (Å²) in [5, 5.41) is 0. The van der Waals surface area contributed by atoms with Crippen molar-refractivity contribution in [2.45, 2.75) is 25.7 Å². The molecule has 6 nitrogen and oxygen atoms in total. The Morgan fingerprint density at radius 1 is 0.714 bits per heavy atom. The standard InChI is InChI=1S/C22H20O6/c1-27-19(25)21-15-7-3-5-9(23)11(7)17-13(15)14-16(21)8-4-6-10(24)12(8)18(14)22(17,21)20(26)28-2/h13-18H,3-6H2,1-2H3/t13-,14+,15+,16-,17+,18-,21?,22?. The van der Waals surface area contributed by atoms with Crippen molar-refractivity contribution in [3.05, 3.63) is 22.3 Å². The molecule has 6 heteroatoms. The van der Waals surface area contributed by atoms with Gasteiger partial charge in [-0.2, -0.15) is 0 Å². The monoisotopic (exact) mass is 380 g/mol. The smallest absolute Gasteiger partial charge is 0.314 e. The number of carbonyl (C=O) groups is 4. The van der Waals surface area contributed by atoms with Gasteiger partial charge < -0.3 is 9.47 Å². The number of ketones is 2. The van der Waals surface area contributed by atoms with Gasteiger partial charge in [0.25, 0.3) is 0 Å². The van der Waals surface area contributed by atoms with Crippen molar-refractivity contribution < 1.29 is 28.7 Å². The van der Waals surface area contributed by atoms with Crippen LogP contribution in [0.15, 0.2) is 22.3 Å². The number of hydrogen-bond acceptors (Lipinski definition) is 6. The quantitative estimate of drug-likeness (QED) is 0.673. The van der Waals surface area contributed by atoms with Crippen LogP contribution in [-0.2, 0) is 28.7 Å². The summed E-state index contributed by atoms with van der Waals surface area (Å²) in [6.07, 6.45) is 2.31. The van der Waals surface area contributed by atoms with E-state index in [1.165, 1.54) is 14.2 Å². The lowest BCUT2D eigenvalue weighted by Gasteiger charge is -2.51. The molecule has 0 aromatic heterocycles. The summed E-state index contributed by atoms with van der Waals surface area (Å²) in [5.41, 5.74) is 1.65. The molecule has 0 N–H and O–H groups in total. The summed E-state index contributed by atoms with van der Waals surface area (Å²) in [4.78, 5) is 52.6. The van der Waals surface area contributed by atoms with E-state index in [1.54, 1.807) is 0 Å². The Balaban J connectivity index is 1.60. The van der Waals surface area contributed by atoms with Crippen molar-refractivity contribution >= 4 is 23.5 Å². The van der Waals surface area contributed by atoms with E-state index in [0.29, 0.717) is 25.7 Å².